The summed E-state index contributed by atoms with van der Waals surface area (Å²) < 4.78 is 0.985. The molecule has 100 valence electrons. The lowest BCUT2D eigenvalue weighted by Gasteiger charge is -2.19. The third-order valence-electron chi connectivity index (χ3n) is 2.86. The molecule has 2 rings (SSSR count). The van der Waals surface area contributed by atoms with Crippen molar-refractivity contribution in [2.75, 3.05) is 6.54 Å². The standard InChI is InChI=1S/C15H16BrClN2/c1-3-19-15(12-4-10(2)8-18-9-12)11-5-13(16)7-14(17)6-11/h4-9,15,19H,3H2,1-2H3. The van der Waals surface area contributed by atoms with Crippen molar-refractivity contribution in [2.24, 2.45) is 0 Å². The minimum Gasteiger partial charge on any atom is -0.306 e. The molecule has 4 heteroatoms. The van der Waals surface area contributed by atoms with Gasteiger partial charge in [-0.3, -0.25) is 4.98 Å². The van der Waals surface area contributed by atoms with Crippen LogP contribution in [0.4, 0.5) is 0 Å². The van der Waals surface area contributed by atoms with Crippen LogP contribution in [0.5, 0.6) is 0 Å². The molecular formula is C15H16BrClN2. The molecule has 0 aliphatic heterocycles. The van der Waals surface area contributed by atoms with Crippen LogP contribution in [0.1, 0.15) is 29.7 Å². The number of pyridine rings is 1. The highest BCUT2D eigenvalue weighted by molar-refractivity contribution is 9.10. The number of nitrogens with one attached hydrogen (secondary N) is 1. The molecule has 1 N–H and O–H groups in total. The minimum absolute atomic E-state index is 0.104. The van der Waals surface area contributed by atoms with E-state index in [1.807, 2.05) is 31.5 Å². The first kappa shape index (κ1) is 14.5. The Kier molecular flexibility index (Phi) is 4.97. The summed E-state index contributed by atoms with van der Waals surface area (Å²) in [4.78, 5) is 4.27. The van der Waals surface area contributed by atoms with Gasteiger partial charge in [0.05, 0.1) is 6.04 Å². The number of aromatic nitrogens is 1. The second kappa shape index (κ2) is 6.51. The number of benzene rings is 1. The maximum absolute atomic E-state index is 6.14. The van der Waals surface area contributed by atoms with Crippen molar-refractivity contribution in [2.45, 2.75) is 19.9 Å². The number of hydrogen-bond donors (Lipinski definition) is 1. The predicted molar refractivity (Wildman–Crippen MR) is 83.6 cm³/mol. The molecule has 0 amide bonds. The van der Waals surface area contributed by atoms with E-state index in [4.69, 9.17) is 11.6 Å². The Balaban J connectivity index is 2.44. The van der Waals surface area contributed by atoms with Crippen molar-refractivity contribution in [1.82, 2.24) is 10.3 Å². The second-order valence-corrected chi connectivity index (χ2v) is 5.84. The van der Waals surface area contributed by atoms with Crippen molar-refractivity contribution in [1.29, 1.82) is 0 Å². The third kappa shape index (κ3) is 3.78. The molecule has 0 aliphatic carbocycles. The van der Waals surface area contributed by atoms with Gasteiger partial charge in [-0.05, 0) is 48.4 Å². The molecule has 2 nitrogen and oxygen atoms in total. The normalized spacial score (nSPS) is 12.4. The van der Waals surface area contributed by atoms with Crippen LogP contribution in [-0.2, 0) is 0 Å². The molecule has 2 aromatic rings. The van der Waals surface area contributed by atoms with Crippen LogP contribution in [0, 0.1) is 6.92 Å². The first-order valence-electron chi connectivity index (χ1n) is 6.21. The first-order valence-corrected chi connectivity index (χ1v) is 7.38. The molecule has 1 aromatic carbocycles. The van der Waals surface area contributed by atoms with Crippen LogP contribution < -0.4 is 5.32 Å². The smallest absolute Gasteiger partial charge is 0.0592 e. The molecule has 0 fully saturated rings. The van der Waals surface area contributed by atoms with Crippen LogP contribution in [0.25, 0.3) is 0 Å². The van der Waals surface area contributed by atoms with Crippen molar-refractivity contribution >= 4 is 27.5 Å². The maximum Gasteiger partial charge on any atom is 0.0592 e. The van der Waals surface area contributed by atoms with E-state index in [0.29, 0.717) is 0 Å². The van der Waals surface area contributed by atoms with Gasteiger partial charge in [-0.25, -0.2) is 0 Å². The summed E-state index contributed by atoms with van der Waals surface area (Å²) in [6.45, 7) is 5.02. The molecule has 19 heavy (non-hydrogen) atoms. The number of halogens is 2. The van der Waals surface area contributed by atoms with E-state index in [-0.39, 0.29) is 6.04 Å². The van der Waals surface area contributed by atoms with Crippen molar-refractivity contribution in [3.05, 3.63) is 62.8 Å². The van der Waals surface area contributed by atoms with Gasteiger partial charge < -0.3 is 5.32 Å². The molecule has 0 saturated heterocycles. The Labute approximate surface area is 127 Å². The molecule has 0 radical (unpaired) electrons. The molecule has 0 spiro atoms. The zero-order valence-electron chi connectivity index (χ0n) is 11.0. The molecule has 1 unspecified atom stereocenters. The molecule has 0 bridgehead atoms. The topological polar surface area (TPSA) is 24.9 Å². The van der Waals surface area contributed by atoms with E-state index in [0.717, 1.165) is 32.7 Å². The van der Waals surface area contributed by atoms with E-state index >= 15 is 0 Å². The zero-order chi connectivity index (χ0) is 13.8. The van der Waals surface area contributed by atoms with E-state index in [2.05, 4.69) is 45.3 Å². The van der Waals surface area contributed by atoms with Crippen LogP contribution >= 0.6 is 27.5 Å². The third-order valence-corrected chi connectivity index (χ3v) is 3.53. The summed E-state index contributed by atoms with van der Waals surface area (Å²) in [7, 11) is 0. The number of nitrogens with zero attached hydrogens (tertiary/aromatic N) is 1. The average molecular weight is 340 g/mol. The Hall–Kier alpha value is -0.900. The molecular weight excluding hydrogens is 324 g/mol. The monoisotopic (exact) mass is 338 g/mol. The van der Waals surface area contributed by atoms with E-state index in [1.54, 1.807) is 0 Å². The van der Waals surface area contributed by atoms with Gasteiger partial charge >= 0.3 is 0 Å². The van der Waals surface area contributed by atoms with Gasteiger partial charge in [-0.2, -0.15) is 0 Å². The summed E-state index contributed by atoms with van der Waals surface area (Å²) >= 11 is 9.63. The molecule has 0 aliphatic rings. The lowest BCUT2D eigenvalue weighted by molar-refractivity contribution is 0.628. The van der Waals surface area contributed by atoms with Crippen molar-refractivity contribution in [3.8, 4) is 0 Å². The van der Waals surface area contributed by atoms with Crippen molar-refractivity contribution in [3.63, 3.8) is 0 Å². The number of aryl methyl sites for hydroxylation is 1. The molecule has 1 atom stereocenters. The summed E-state index contributed by atoms with van der Waals surface area (Å²) in [6, 6.07) is 8.22. The fourth-order valence-corrected chi connectivity index (χ4v) is 3.00. The minimum atomic E-state index is 0.104. The van der Waals surface area contributed by atoms with Crippen LogP contribution in [0.3, 0.4) is 0 Å². The Morgan fingerprint density at radius 3 is 2.63 bits per heavy atom. The van der Waals surface area contributed by atoms with Crippen LogP contribution in [-0.4, -0.2) is 11.5 Å². The quantitative estimate of drug-likeness (QED) is 0.887. The molecule has 1 heterocycles. The summed E-state index contributed by atoms with van der Waals surface area (Å²) in [5.74, 6) is 0. The molecule has 0 saturated carbocycles. The van der Waals surface area contributed by atoms with Crippen molar-refractivity contribution < 1.29 is 0 Å². The predicted octanol–water partition coefficient (Wildman–Crippen LogP) is 4.50. The second-order valence-electron chi connectivity index (χ2n) is 4.49. The van der Waals surface area contributed by atoms with Gasteiger partial charge in [0.1, 0.15) is 0 Å². The lowest BCUT2D eigenvalue weighted by Crippen LogP contribution is -2.22. The van der Waals surface area contributed by atoms with E-state index in [1.165, 1.54) is 0 Å². The molecule has 1 aromatic heterocycles. The van der Waals surface area contributed by atoms with Gasteiger partial charge in [0, 0.05) is 21.9 Å². The Bertz CT molecular complexity index is 552. The maximum atomic E-state index is 6.14. The average Bonchev–Trinajstić information content (AvgIpc) is 2.34. The fourth-order valence-electron chi connectivity index (χ4n) is 2.11. The highest BCUT2D eigenvalue weighted by Gasteiger charge is 2.14. The van der Waals surface area contributed by atoms with Crippen LogP contribution in [0.15, 0.2) is 41.1 Å². The largest absolute Gasteiger partial charge is 0.306 e. The lowest BCUT2D eigenvalue weighted by atomic mass is 9.99. The number of rotatable bonds is 4. The Morgan fingerprint density at radius 2 is 2.00 bits per heavy atom. The fraction of sp³-hybridized carbons (Fsp3) is 0.267. The Morgan fingerprint density at radius 1 is 1.21 bits per heavy atom. The van der Waals surface area contributed by atoms with Gasteiger partial charge in [0.15, 0.2) is 0 Å². The van der Waals surface area contributed by atoms with Gasteiger partial charge in [0.2, 0.25) is 0 Å². The zero-order valence-corrected chi connectivity index (χ0v) is 13.3. The van der Waals surface area contributed by atoms with Gasteiger partial charge in [-0.1, -0.05) is 40.5 Å². The summed E-state index contributed by atoms with van der Waals surface area (Å²) in [5, 5.41) is 4.21. The van der Waals surface area contributed by atoms with E-state index < -0.39 is 0 Å². The summed E-state index contributed by atoms with van der Waals surface area (Å²) in [6.07, 6.45) is 3.76. The highest BCUT2D eigenvalue weighted by Crippen LogP contribution is 2.28. The summed E-state index contributed by atoms with van der Waals surface area (Å²) in [5.41, 5.74) is 3.44. The van der Waals surface area contributed by atoms with Gasteiger partial charge in [0.25, 0.3) is 0 Å². The number of hydrogen-bond acceptors (Lipinski definition) is 2. The van der Waals surface area contributed by atoms with Gasteiger partial charge in [-0.15, -0.1) is 0 Å². The highest BCUT2D eigenvalue weighted by atomic mass is 79.9. The van der Waals surface area contributed by atoms with Crippen LogP contribution in [0.2, 0.25) is 5.02 Å². The first-order chi connectivity index (χ1) is 9.10. The van der Waals surface area contributed by atoms with E-state index in [9.17, 15) is 0 Å². The SMILES string of the molecule is CCNC(c1cncc(C)c1)c1cc(Cl)cc(Br)c1.